The molecule has 2 aromatic rings. The molecule has 0 saturated heterocycles. The Morgan fingerprint density at radius 3 is 3.12 bits per heavy atom. The number of nitrogens with zero attached hydrogens (tertiary/aromatic N) is 3. The zero-order chi connectivity index (χ0) is 11.4. The van der Waals surface area contributed by atoms with Gasteiger partial charge in [-0.25, -0.2) is 4.68 Å². The summed E-state index contributed by atoms with van der Waals surface area (Å²) in [7, 11) is 0. The molecule has 0 aliphatic heterocycles. The molecule has 16 heavy (non-hydrogen) atoms. The zero-order valence-corrected chi connectivity index (χ0v) is 10.2. The van der Waals surface area contributed by atoms with E-state index in [4.69, 9.17) is 5.73 Å². The van der Waals surface area contributed by atoms with Crippen molar-refractivity contribution in [3.63, 3.8) is 0 Å². The van der Waals surface area contributed by atoms with Crippen molar-refractivity contribution in [3.8, 4) is 0 Å². The summed E-state index contributed by atoms with van der Waals surface area (Å²) in [4.78, 5) is 1.28. The Hall–Kier alpha value is -1.20. The van der Waals surface area contributed by atoms with Gasteiger partial charge in [-0.2, -0.15) is 0 Å². The molecule has 0 bridgehead atoms. The van der Waals surface area contributed by atoms with Crippen molar-refractivity contribution in [3.05, 3.63) is 34.3 Å². The fraction of sp³-hybridized carbons (Fsp3) is 0.455. The molecule has 0 fully saturated rings. The Labute approximate surface area is 99.1 Å². The Morgan fingerprint density at radius 2 is 2.44 bits per heavy atom. The second-order valence-electron chi connectivity index (χ2n) is 3.82. The molecule has 1 unspecified atom stereocenters. The molecule has 86 valence electrons. The van der Waals surface area contributed by atoms with Gasteiger partial charge in [-0.05, 0) is 17.9 Å². The Bertz CT molecular complexity index is 421. The monoisotopic (exact) mass is 236 g/mol. The largest absolute Gasteiger partial charge is 0.323 e. The summed E-state index contributed by atoms with van der Waals surface area (Å²) in [5.41, 5.74) is 6.87. The van der Waals surface area contributed by atoms with E-state index in [0.717, 1.165) is 25.1 Å². The molecule has 0 amide bonds. The van der Waals surface area contributed by atoms with Gasteiger partial charge in [0.25, 0.3) is 0 Å². The third-order valence-corrected chi connectivity index (χ3v) is 3.30. The van der Waals surface area contributed by atoms with E-state index < -0.39 is 0 Å². The number of hydrogen-bond donors (Lipinski definition) is 1. The topological polar surface area (TPSA) is 56.7 Å². The maximum absolute atomic E-state index is 5.98. The highest BCUT2D eigenvalue weighted by Crippen LogP contribution is 2.14. The van der Waals surface area contributed by atoms with Crippen LogP contribution in [0.3, 0.4) is 0 Å². The van der Waals surface area contributed by atoms with E-state index in [9.17, 15) is 0 Å². The molecule has 0 radical (unpaired) electrons. The van der Waals surface area contributed by atoms with Crippen LogP contribution in [0, 0.1) is 0 Å². The van der Waals surface area contributed by atoms with Gasteiger partial charge in [-0.3, -0.25) is 0 Å². The molecular formula is C11H16N4S. The van der Waals surface area contributed by atoms with Gasteiger partial charge < -0.3 is 5.73 Å². The van der Waals surface area contributed by atoms with Gasteiger partial charge >= 0.3 is 0 Å². The molecule has 2 rings (SSSR count). The van der Waals surface area contributed by atoms with Crippen LogP contribution in [0.15, 0.2) is 23.7 Å². The van der Waals surface area contributed by atoms with Crippen molar-refractivity contribution < 1.29 is 0 Å². The number of aromatic nitrogens is 3. The molecule has 4 nitrogen and oxygen atoms in total. The summed E-state index contributed by atoms with van der Waals surface area (Å²) in [6.07, 6.45) is 3.97. The SMILES string of the molecule is CCCC(N)c1cn(Cc2cccs2)nn1. The number of hydrogen-bond acceptors (Lipinski definition) is 4. The number of rotatable bonds is 5. The maximum atomic E-state index is 5.98. The van der Waals surface area contributed by atoms with Crippen molar-refractivity contribution >= 4 is 11.3 Å². The van der Waals surface area contributed by atoms with E-state index in [2.05, 4.69) is 28.7 Å². The number of nitrogens with two attached hydrogens (primary N) is 1. The minimum atomic E-state index is 0.0158. The average molecular weight is 236 g/mol. The van der Waals surface area contributed by atoms with Crippen LogP contribution < -0.4 is 5.73 Å². The van der Waals surface area contributed by atoms with E-state index in [-0.39, 0.29) is 6.04 Å². The van der Waals surface area contributed by atoms with Crippen LogP contribution in [-0.4, -0.2) is 15.0 Å². The van der Waals surface area contributed by atoms with E-state index in [1.807, 2.05) is 16.9 Å². The van der Waals surface area contributed by atoms with E-state index in [1.54, 1.807) is 11.3 Å². The second kappa shape index (κ2) is 5.23. The summed E-state index contributed by atoms with van der Waals surface area (Å²) < 4.78 is 1.84. The predicted octanol–water partition coefficient (Wildman–Crippen LogP) is 2.19. The standard InChI is InChI=1S/C11H16N4S/c1-2-4-10(12)11-8-15(14-13-11)7-9-5-3-6-16-9/h3,5-6,8,10H,2,4,7,12H2,1H3. The lowest BCUT2D eigenvalue weighted by Gasteiger charge is -2.04. The minimum absolute atomic E-state index is 0.0158. The predicted molar refractivity (Wildman–Crippen MR) is 65.3 cm³/mol. The lowest BCUT2D eigenvalue weighted by Crippen LogP contribution is -2.10. The lowest BCUT2D eigenvalue weighted by molar-refractivity contribution is 0.617. The van der Waals surface area contributed by atoms with Crippen molar-refractivity contribution in [2.75, 3.05) is 0 Å². The molecule has 0 aliphatic rings. The van der Waals surface area contributed by atoms with Crippen LogP contribution in [0.1, 0.15) is 36.4 Å². The molecule has 0 aromatic carbocycles. The molecule has 2 N–H and O–H groups in total. The molecule has 1 atom stereocenters. The van der Waals surface area contributed by atoms with Crippen molar-refractivity contribution in [2.24, 2.45) is 5.73 Å². The lowest BCUT2D eigenvalue weighted by atomic mass is 10.1. The van der Waals surface area contributed by atoms with Gasteiger partial charge in [0.2, 0.25) is 0 Å². The summed E-state index contributed by atoms with van der Waals surface area (Å²) in [5, 5.41) is 10.3. The fourth-order valence-electron chi connectivity index (χ4n) is 1.58. The van der Waals surface area contributed by atoms with Crippen molar-refractivity contribution in [1.82, 2.24) is 15.0 Å². The van der Waals surface area contributed by atoms with E-state index in [0.29, 0.717) is 0 Å². The highest BCUT2D eigenvalue weighted by Gasteiger charge is 2.09. The summed E-state index contributed by atoms with van der Waals surface area (Å²) in [6, 6.07) is 4.15. The van der Waals surface area contributed by atoms with Gasteiger partial charge in [0.05, 0.1) is 24.5 Å². The Morgan fingerprint density at radius 1 is 1.56 bits per heavy atom. The number of thiophene rings is 1. The van der Waals surface area contributed by atoms with Crippen LogP contribution in [0.2, 0.25) is 0 Å². The van der Waals surface area contributed by atoms with Crippen LogP contribution in [0.4, 0.5) is 0 Å². The first kappa shape index (κ1) is 11.3. The van der Waals surface area contributed by atoms with Crippen molar-refractivity contribution in [2.45, 2.75) is 32.4 Å². The molecular weight excluding hydrogens is 220 g/mol. The van der Waals surface area contributed by atoms with Gasteiger partial charge in [0, 0.05) is 4.88 Å². The van der Waals surface area contributed by atoms with Gasteiger partial charge in [-0.15, -0.1) is 16.4 Å². The fourth-order valence-corrected chi connectivity index (χ4v) is 2.28. The quantitative estimate of drug-likeness (QED) is 0.865. The average Bonchev–Trinajstić information content (AvgIpc) is 2.90. The Kier molecular flexibility index (Phi) is 3.69. The van der Waals surface area contributed by atoms with Crippen LogP contribution >= 0.6 is 11.3 Å². The van der Waals surface area contributed by atoms with Crippen LogP contribution in [0.25, 0.3) is 0 Å². The highest BCUT2D eigenvalue weighted by atomic mass is 32.1. The van der Waals surface area contributed by atoms with Crippen LogP contribution in [0.5, 0.6) is 0 Å². The first-order valence-corrected chi connectivity index (χ1v) is 6.35. The summed E-state index contributed by atoms with van der Waals surface area (Å²) in [5.74, 6) is 0. The third kappa shape index (κ3) is 2.68. The van der Waals surface area contributed by atoms with Gasteiger partial charge in [0.1, 0.15) is 0 Å². The smallest absolute Gasteiger partial charge is 0.0994 e. The first-order chi connectivity index (χ1) is 7.79. The second-order valence-corrected chi connectivity index (χ2v) is 4.85. The first-order valence-electron chi connectivity index (χ1n) is 5.47. The zero-order valence-electron chi connectivity index (χ0n) is 9.34. The minimum Gasteiger partial charge on any atom is -0.323 e. The molecule has 5 heteroatoms. The van der Waals surface area contributed by atoms with Crippen molar-refractivity contribution in [1.29, 1.82) is 0 Å². The molecule has 2 heterocycles. The summed E-state index contributed by atoms with van der Waals surface area (Å²) in [6.45, 7) is 2.90. The van der Waals surface area contributed by atoms with E-state index in [1.165, 1.54) is 4.88 Å². The Balaban J connectivity index is 2.02. The third-order valence-electron chi connectivity index (χ3n) is 2.43. The van der Waals surface area contributed by atoms with Gasteiger partial charge in [-0.1, -0.05) is 24.6 Å². The van der Waals surface area contributed by atoms with E-state index >= 15 is 0 Å². The highest BCUT2D eigenvalue weighted by molar-refractivity contribution is 7.09. The van der Waals surface area contributed by atoms with Crippen LogP contribution in [-0.2, 0) is 6.54 Å². The summed E-state index contributed by atoms with van der Waals surface area (Å²) >= 11 is 1.73. The van der Waals surface area contributed by atoms with Gasteiger partial charge in [0.15, 0.2) is 0 Å². The molecule has 0 saturated carbocycles. The molecule has 0 aliphatic carbocycles. The molecule has 2 aromatic heterocycles. The normalized spacial score (nSPS) is 12.9. The molecule has 0 spiro atoms. The maximum Gasteiger partial charge on any atom is 0.0994 e.